The average molecular weight is 373 g/mol. The van der Waals surface area contributed by atoms with Gasteiger partial charge in [-0.1, -0.05) is 30.3 Å². The Morgan fingerprint density at radius 3 is 2.64 bits per heavy atom. The smallest absolute Gasteiger partial charge is 0.340 e. The van der Waals surface area contributed by atoms with Crippen molar-refractivity contribution in [2.24, 2.45) is 0 Å². The molecule has 0 radical (unpaired) electrons. The summed E-state index contributed by atoms with van der Waals surface area (Å²) < 4.78 is 11.2. The highest BCUT2D eigenvalue weighted by Crippen LogP contribution is 2.34. The van der Waals surface area contributed by atoms with Gasteiger partial charge in [-0.05, 0) is 37.0 Å². The minimum atomic E-state index is -0.467. The standard InChI is InChI=1S/C23H19NO4/c1-13-16-9-18-19(14-5-3-2-4-6-14)12-27-20(18)11-21(16)28-23(26)17(13)10-22(25)24-15-7-8-15/h2-6,9,11-12,15H,7-8,10H2,1H3,(H,24,25). The van der Waals surface area contributed by atoms with Crippen LogP contribution < -0.4 is 10.9 Å². The molecule has 1 N–H and O–H groups in total. The Bertz CT molecular complexity index is 1260. The topological polar surface area (TPSA) is 72.5 Å². The highest BCUT2D eigenvalue weighted by Gasteiger charge is 2.24. The van der Waals surface area contributed by atoms with E-state index >= 15 is 0 Å². The van der Waals surface area contributed by atoms with Crippen molar-refractivity contribution >= 4 is 27.8 Å². The number of benzene rings is 2. The van der Waals surface area contributed by atoms with Gasteiger partial charge in [0.25, 0.3) is 0 Å². The van der Waals surface area contributed by atoms with Gasteiger partial charge in [0.2, 0.25) is 5.91 Å². The van der Waals surface area contributed by atoms with Crippen molar-refractivity contribution in [2.75, 3.05) is 0 Å². The van der Waals surface area contributed by atoms with Crippen molar-refractivity contribution in [3.8, 4) is 11.1 Å². The molecule has 1 aliphatic carbocycles. The maximum atomic E-state index is 12.5. The molecule has 1 amide bonds. The van der Waals surface area contributed by atoms with E-state index in [0.717, 1.165) is 40.3 Å². The maximum absolute atomic E-state index is 12.5. The van der Waals surface area contributed by atoms with Gasteiger partial charge in [0.15, 0.2) is 0 Å². The molecule has 0 unspecified atom stereocenters. The summed E-state index contributed by atoms with van der Waals surface area (Å²) in [7, 11) is 0. The van der Waals surface area contributed by atoms with E-state index in [0.29, 0.717) is 16.7 Å². The van der Waals surface area contributed by atoms with Gasteiger partial charge in [-0.3, -0.25) is 4.79 Å². The summed E-state index contributed by atoms with van der Waals surface area (Å²) in [4.78, 5) is 24.7. The summed E-state index contributed by atoms with van der Waals surface area (Å²) in [6, 6.07) is 14.0. The SMILES string of the molecule is Cc1c(CC(=O)NC2CC2)c(=O)oc2cc3occ(-c4ccccc4)c3cc12. The molecule has 1 saturated carbocycles. The third-order valence-corrected chi connectivity index (χ3v) is 5.35. The van der Waals surface area contributed by atoms with Gasteiger partial charge in [0, 0.05) is 28.4 Å². The summed E-state index contributed by atoms with van der Waals surface area (Å²) in [5, 5.41) is 4.69. The van der Waals surface area contributed by atoms with Crippen LogP contribution in [0.4, 0.5) is 0 Å². The second-order valence-electron chi connectivity index (χ2n) is 7.37. The Labute approximate surface area is 161 Å². The molecule has 5 heteroatoms. The van der Waals surface area contributed by atoms with Crippen LogP contribution in [0.5, 0.6) is 0 Å². The fourth-order valence-electron chi connectivity index (χ4n) is 3.62. The van der Waals surface area contributed by atoms with Gasteiger partial charge in [-0.15, -0.1) is 0 Å². The van der Waals surface area contributed by atoms with Gasteiger partial charge in [0.1, 0.15) is 11.2 Å². The molecule has 0 atom stereocenters. The molecule has 5 nitrogen and oxygen atoms in total. The number of hydrogen-bond donors (Lipinski definition) is 1. The Kier molecular flexibility index (Phi) is 3.83. The quantitative estimate of drug-likeness (QED) is 0.540. The highest BCUT2D eigenvalue weighted by atomic mass is 16.4. The number of fused-ring (bicyclic) bond motifs is 2. The van der Waals surface area contributed by atoms with E-state index in [1.54, 1.807) is 12.3 Å². The van der Waals surface area contributed by atoms with E-state index in [4.69, 9.17) is 8.83 Å². The molecule has 0 spiro atoms. The summed E-state index contributed by atoms with van der Waals surface area (Å²) in [5.74, 6) is -0.133. The number of aryl methyl sites for hydroxylation is 1. The molecule has 0 bridgehead atoms. The third-order valence-electron chi connectivity index (χ3n) is 5.35. The summed E-state index contributed by atoms with van der Waals surface area (Å²) >= 11 is 0. The van der Waals surface area contributed by atoms with Crippen LogP contribution >= 0.6 is 0 Å². The van der Waals surface area contributed by atoms with Crippen LogP contribution in [0.1, 0.15) is 24.0 Å². The number of rotatable bonds is 4. The van der Waals surface area contributed by atoms with Gasteiger partial charge in [0.05, 0.1) is 18.2 Å². The number of carbonyl (C=O) groups is 1. The zero-order chi connectivity index (χ0) is 19.3. The van der Waals surface area contributed by atoms with Crippen LogP contribution in [0, 0.1) is 6.92 Å². The monoisotopic (exact) mass is 373 g/mol. The molecule has 5 rings (SSSR count). The van der Waals surface area contributed by atoms with Crippen LogP contribution in [0.15, 0.2) is 62.4 Å². The molecule has 2 heterocycles. The zero-order valence-corrected chi connectivity index (χ0v) is 15.5. The lowest BCUT2D eigenvalue weighted by molar-refractivity contribution is -0.120. The first-order valence-corrected chi connectivity index (χ1v) is 9.42. The molecular formula is C23H19NO4. The maximum Gasteiger partial charge on any atom is 0.340 e. The van der Waals surface area contributed by atoms with Crippen LogP contribution in [-0.4, -0.2) is 11.9 Å². The Balaban J connectivity index is 1.64. The van der Waals surface area contributed by atoms with Gasteiger partial charge < -0.3 is 14.2 Å². The number of nitrogens with one attached hydrogen (secondary N) is 1. The second-order valence-corrected chi connectivity index (χ2v) is 7.37. The molecule has 28 heavy (non-hydrogen) atoms. The normalized spacial score (nSPS) is 13.9. The largest absolute Gasteiger partial charge is 0.464 e. The Morgan fingerprint density at radius 1 is 1.11 bits per heavy atom. The van der Waals surface area contributed by atoms with Crippen LogP contribution in [-0.2, 0) is 11.2 Å². The number of furan rings is 1. The number of amides is 1. The van der Waals surface area contributed by atoms with E-state index in [9.17, 15) is 9.59 Å². The summed E-state index contributed by atoms with van der Waals surface area (Å²) in [5.41, 5.74) is 3.89. The molecule has 0 saturated heterocycles. The van der Waals surface area contributed by atoms with Gasteiger partial charge in [-0.2, -0.15) is 0 Å². The first kappa shape index (κ1) is 16.8. The Hall–Kier alpha value is -3.34. The third kappa shape index (κ3) is 2.89. The Morgan fingerprint density at radius 2 is 1.89 bits per heavy atom. The molecule has 2 aromatic heterocycles. The zero-order valence-electron chi connectivity index (χ0n) is 15.5. The molecule has 1 aliphatic rings. The predicted molar refractivity (Wildman–Crippen MR) is 107 cm³/mol. The first-order valence-electron chi connectivity index (χ1n) is 9.42. The second kappa shape index (κ2) is 6.37. The fraction of sp³-hybridized carbons (Fsp3) is 0.217. The summed E-state index contributed by atoms with van der Waals surface area (Å²) in [6.07, 6.45) is 3.78. The van der Waals surface area contributed by atoms with E-state index < -0.39 is 5.63 Å². The van der Waals surface area contributed by atoms with Crippen LogP contribution in [0.25, 0.3) is 33.1 Å². The molecular weight excluding hydrogens is 354 g/mol. The van der Waals surface area contributed by atoms with E-state index in [1.807, 2.05) is 43.3 Å². The highest BCUT2D eigenvalue weighted by molar-refractivity contribution is 6.02. The first-order chi connectivity index (χ1) is 13.6. The molecule has 140 valence electrons. The van der Waals surface area contributed by atoms with Crippen molar-refractivity contribution < 1.29 is 13.6 Å². The predicted octanol–water partition coefficient (Wildman–Crippen LogP) is 4.34. The van der Waals surface area contributed by atoms with Gasteiger partial charge >= 0.3 is 5.63 Å². The minimum Gasteiger partial charge on any atom is -0.464 e. The minimum absolute atomic E-state index is 0.0373. The van der Waals surface area contributed by atoms with Crippen molar-refractivity contribution in [3.63, 3.8) is 0 Å². The summed E-state index contributed by atoms with van der Waals surface area (Å²) in [6.45, 7) is 1.87. The van der Waals surface area contributed by atoms with E-state index in [-0.39, 0.29) is 18.4 Å². The fourth-order valence-corrected chi connectivity index (χ4v) is 3.62. The van der Waals surface area contributed by atoms with Crippen LogP contribution in [0.3, 0.4) is 0 Å². The van der Waals surface area contributed by atoms with Gasteiger partial charge in [-0.25, -0.2) is 4.79 Å². The molecule has 0 aliphatic heterocycles. The van der Waals surface area contributed by atoms with Crippen LogP contribution in [0.2, 0.25) is 0 Å². The lowest BCUT2D eigenvalue weighted by Crippen LogP contribution is -2.29. The number of hydrogen-bond acceptors (Lipinski definition) is 4. The van der Waals surface area contributed by atoms with Crippen molar-refractivity contribution in [2.45, 2.75) is 32.2 Å². The average Bonchev–Trinajstić information content (AvgIpc) is 3.41. The van der Waals surface area contributed by atoms with E-state index in [2.05, 4.69) is 5.32 Å². The van der Waals surface area contributed by atoms with E-state index in [1.165, 1.54) is 0 Å². The molecule has 4 aromatic rings. The lowest BCUT2D eigenvalue weighted by Gasteiger charge is -2.08. The molecule has 1 fully saturated rings. The van der Waals surface area contributed by atoms with Crippen molar-refractivity contribution in [1.29, 1.82) is 0 Å². The van der Waals surface area contributed by atoms with Crippen molar-refractivity contribution in [3.05, 3.63) is 70.3 Å². The lowest BCUT2D eigenvalue weighted by atomic mass is 9.99. The van der Waals surface area contributed by atoms with Crippen molar-refractivity contribution in [1.82, 2.24) is 5.32 Å². The number of carbonyl (C=O) groups excluding carboxylic acids is 1. The molecule has 2 aromatic carbocycles.